The van der Waals surface area contributed by atoms with E-state index in [0.717, 1.165) is 61.3 Å². The first-order valence-electron chi connectivity index (χ1n) is 43.0. The van der Waals surface area contributed by atoms with Crippen LogP contribution in [0.1, 0.15) is 255 Å². The van der Waals surface area contributed by atoms with Crippen molar-refractivity contribution in [3.8, 4) is 0 Å². The van der Waals surface area contributed by atoms with Gasteiger partial charge in [-0.3, -0.25) is 53.2 Å². The Bertz CT molecular complexity index is 5340. The Morgan fingerprint density at radius 2 is 0.649 bits per heavy atom. The number of carbonyl (C=O) groups is 11. The summed E-state index contributed by atoms with van der Waals surface area (Å²) < 4.78 is 116. The Morgan fingerprint density at radius 3 is 0.888 bits per heavy atom. The lowest BCUT2D eigenvalue weighted by atomic mass is 9.81. The van der Waals surface area contributed by atoms with E-state index < -0.39 is 138 Å². The van der Waals surface area contributed by atoms with Crippen LogP contribution in [0.2, 0.25) is 0 Å². The molecule has 6 rings (SSSR count). The number of benzene rings is 6. The van der Waals surface area contributed by atoms with Crippen LogP contribution in [0.15, 0.2) is 171 Å². The summed E-state index contributed by atoms with van der Waals surface area (Å²) in [5.41, 5.74) is 4.51. The maximum absolute atomic E-state index is 13.4. The molecule has 7 N–H and O–H groups in total. The van der Waals surface area contributed by atoms with E-state index in [1.165, 1.54) is 121 Å². The third-order valence-electron chi connectivity index (χ3n) is 19.9. The highest BCUT2D eigenvalue weighted by Gasteiger charge is 2.40. The maximum Gasteiger partial charge on any atom is 0.408 e. The van der Waals surface area contributed by atoms with E-state index in [0.29, 0.717) is 46.6 Å². The second-order valence-corrected chi connectivity index (χ2v) is 47.8. The van der Waals surface area contributed by atoms with Gasteiger partial charge >= 0.3 is 12.2 Å². The number of Topliss-reactive ketones (excluding diaryl/α,β-unsaturated/α-hetero) is 5. The monoisotopic (exact) mass is 1990 g/mol. The number of alkyl carbamates (subject to hydrolysis) is 2. The molecule has 0 aliphatic carbocycles. The van der Waals surface area contributed by atoms with Crippen molar-refractivity contribution >= 4 is 130 Å². The molecule has 37 heteroatoms. The summed E-state index contributed by atoms with van der Waals surface area (Å²) in [6.07, 6.45) is 8.08. The summed E-state index contributed by atoms with van der Waals surface area (Å²) in [7, 11) is -13.4. The molecule has 0 fully saturated rings. The molecule has 0 aliphatic heterocycles. The average molecular weight is 1990 g/mol. The number of unbranched alkanes of at least 4 members (excludes halogenated alkanes) is 2. The van der Waals surface area contributed by atoms with Gasteiger partial charge in [0.2, 0.25) is 24.6 Å². The number of ketones is 5. The van der Waals surface area contributed by atoms with Crippen molar-refractivity contribution in [1.82, 2.24) is 31.4 Å². The topological polar surface area (TPSA) is 453 Å². The van der Waals surface area contributed by atoms with E-state index in [1.807, 2.05) is 148 Å². The van der Waals surface area contributed by atoms with Crippen LogP contribution in [0, 0.1) is 44.7 Å². The van der Waals surface area contributed by atoms with Gasteiger partial charge in [-0.05, 0) is 160 Å². The lowest BCUT2D eigenvalue weighted by Crippen LogP contribution is -2.52. The van der Waals surface area contributed by atoms with E-state index in [1.54, 1.807) is 41.5 Å². The molecule has 0 bridgehead atoms. The number of rotatable bonds is 35. The van der Waals surface area contributed by atoms with Crippen molar-refractivity contribution < 1.29 is 110 Å². The van der Waals surface area contributed by atoms with Crippen molar-refractivity contribution in [2.75, 3.05) is 38.1 Å². The van der Waals surface area contributed by atoms with E-state index in [-0.39, 0.29) is 116 Å². The molecule has 134 heavy (non-hydrogen) atoms. The number of halogens is 3. The van der Waals surface area contributed by atoms with Gasteiger partial charge in [-0.25, -0.2) is 57.8 Å². The van der Waals surface area contributed by atoms with Gasteiger partial charge < -0.3 is 36.5 Å². The Labute approximate surface area is 805 Å². The number of sulfone groups is 4. The van der Waals surface area contributed by atoms with E-state index in [4.69, 9.17) is 20.0 Å². The predicted octanol–water partition coefficient (Wildman–Crippen LogP) is 16.3. The van der Waals surface area contributed by atoms with Gasteiger partial charge in [-0.15, -0.1) is 24.8 Å². The quantitative estimate of drug-likeness (QED) is 0.00931. The lowest BCUT2D eigenvalue weighted by Gasteiger charge is -2.32. The van der Waals surface area contributed by atoms with Crippen LogP contribution >= 0.6 is 24.8 Å². The van der Waals surface area contributed by atoms with Gasteiger partial charge in [-0.2, -0.15) is 0 Å². The van der Waals surface area contributed by atoms with Crippen LogP contribution in [0.5, 0.6) is 0 Å². The van der Waals surface area contributed by atoms with E-state index in [2.05, 4.69) is 21.3 Å². The van der Waals surface area contributed by atoms with Crippen LogP contribution in [0.4, 0.5) is 14.0 Å². The number of ether oxygens (including phenoxy) is 2. The molecule has 7 atom stereocenters. The average Bonchev–Trinajstić information content (AvgIpc) is 0.832. The summed E-state index contributed by atoms with van der Waals surface area (Å²) >= 11 is 0. The van der Waals surface area contributed by atoms with Crippen LogP contribution in [0.3, 0.4) is 0 Å². The molecule has 0 saturated heterocycles. The van der Waals surface area contributed by atoms with Crippen LogP contribution in [-0.4, -0.2) is 194 Å². The molecular weight excluding hydrogens is 1850 g/mol. The maximum atomic E-state index is 13.4. The van der Waals surface area contributed by atoms with Crippen LogP contribution in [-0.2, 0) is 79.4 Å². The molecule has 0 heterocycles. The Balaban J connectivity index is 0.00000168. The summed E-state index contributed by atoms with van der Waals surface area (Å²) in [5.74, 6) is -3.85. The third kappa shape index (κ3) is 44.4. The number of carbonyl (C=O) groups excluding carboxylic acids is 11. The highest BCUT2D eigenvalue weighted by atomic mass is 35.5. The van der Waals surface area contributed by atoms with Crippen LogP contribution in [0.25, 0.3) is 0 Å². The summed E-state index contributed by atoms with van der Waals surface area (Å²) in [4.78, 5) is 143. The molecule has 6 amide bonds. The first kappa shape index (κ1) is 124. The molecule has 0 spiro atoms. The van der Waals surface area contributed by atoms with Gasteiger partial charge in [0.1, 0.15) is 35.7 Å². The zero-order valence-electron chi connectivity index (χ0n) is 82.2. The SMILES string of the molecule is CC(C)(C)C(N)C(=O)c1ccc(S(C)(=O)=O)cc1.CC(C)(C)OC(=O)NC(C(=O)c1ccc(S(C)(=O)=O)cc1)C(C)(C)C.CC(C)(C)OC(=O)N[C@H](C(=O)c1ccc(F)cc1)C(C)(C)C.CCCC[C@H](CN(C=O)OCc1ccccc1)C(=O)NC(C(=O)c1ccc(S(C)(=O)=O)cc1)C(C)(C)C.CCCC[C@H](CN(O)C=O)C(=O)N[C@H](C(=O)c1ccc(S(C)(=O)=O)cc1)C(C)(C)C.Cl.Cl. The fraction of sp³-hybridized carbons (Fsp3) is 0.515. The first-order chi connectivity index (χ1) is 60.2. The standard InChI is InChI=1S/C28H38N2O6S.C21H32N2O6S.C18H27NO5S.C17H24FNO3.C13H19NO3S.2ClH/c1-6-7-13-23(18-30(20-31)36-19-21-11-9-8-10-12-21)27(33)29-26(28(2,3)4)25(32)22-14-16-24(17-15-22)37(5,34)35;1-6-7-8-16(13-23(27)14-24)20(26)22-19(21(2,3)4)18(25)15-9-11-17(12-10-15)30(5,28)29;1-17(2,3)15(19-16(21)24-18(4,5)6)14(20)12-8-10-13(11-9-12)25(7,22)23;1-16(2,3)14(19-15(21)22-17(4,5)6)13(20)11-7-9-12(18)10-8-11;1-13(2,3)12(14)11(15)9-5-7-10(8-6-9)18(4,16)17;;/h8-12,14-17,20,23,26H,6-7,13,18-19H2,1-5H3,(H,29,33);9-12,14,16,19,27H,6-8,13H2,1-5H3,(H,22,26);8-11,15H,1-7H3,(H,19,21);7-10,14H,1-6H3,(H,19,21);5-8,12H,14H2,1-4H3;2*1H/t23-,26?;16-,19-;;14-;;;/m11.1.../s1. The van der Waals surface area contributed by atoms with Gasteiger partial charge in [0, 0.05) is 52.8 Å². The molecule has 3 unspecified atom stereocenters. The zero-order valence-corrected chi connectivity index (χ0v) is 87.1. The number of hydrogen-bond acceptors (Lipinski definition) is 24. The number of nitrogens with two attached hydrogens (primary N) is 1. The molecule has 0 saturated carbocycles. The van der Waals surface area contributed by atoms with Crippen molar-refractivity contribution in [2.24, 2.45) is 44.6 Å². The third-order valence-corrected chi connectivity index (χ3v) is 24.4. The van der Waals surface area contributed by atoms with Crippen LogP contribution < -0.4 is 27.0 Å². The smallest absolute Gasteiger partial charge is 0.408 e. The van der Waals surface area contributed by atoms with Crippen molar-refractivity contribution in [3.05, 3.63) is 191 Å². The summed E-state index contributed by atoms with van der Waals surface area (Å²) in [6.45, 7) is 42.2. The molecule has 6 aromatic carbocycles. The summed E-state index contributed by atoms with van der Waals surface area (Å²) in [6, 6.07) is 33.6. The van der Waals surface area contributed by atoms with Crippen molar-refractivity contribution in [2.45, 2.75) is 265 Å². The molecule has 748 valence electrons. The number of hydrogen-bond donors (Lipinski definition) is 6. The Morgan fingerprint density at radius 1 is 0.388 bits per heavy atom. The number of amides is 6. The lowest BCUT2D eigenvalue weighted by molar-refractivity contribution is -0.182. The Kier molecular flexibility index (Phi) is 49.3. The fourth-order valence-corrected chi connectivity index (χ4v) is 14.8. The van der Waals surface area contributed by atoms with Crippen molar-refractivity contribution in [3.63, 3.8) is 0 Å². The normalized spacial score (nSPS) is 13.5. The van der Waals surface area contributed by atoms with Gasteiger partial charge in [0.25, 0.3) is 0 Å². The molecule has 0 aliphatic rings. The Hall–Kier alpha value is -9.72. The zero-order chi connectivity index (χ0) is 102. The van der Waals surface area contributed by atoms with Gasteiger partial charge in [0.15, 0.2) is 68.3 Å². The second kappa shape index (κ2) is 53.1. The molecule has 6 aromatic rings. The van der Waals surface area contributed by atoms with E-state index in [9.17, 15) is 96.0 Å². The van der Waals surface area contributed by atoms with E-state index >= 15 is 0 Å². The second-order valence-electron chi connectivity index (χ2n) is 39.7. The predicted molar refractivity (Wildman–Crippen MR) is 521 cm³/mol. The van der Waals surface area contributed by atoms with Gasteiger partial charge in [-0.1, -0.05) is 222 Å². The molecule has 0 radical (unpaired) electrons. The highest BCUT2D eigenvalue weighted by molar-refractivity contribution is 7.91. The van der Waals surface area contributed by atoms with Crippen molar-refractivity contribution in [1.29, 1.82) is 0 Å². The number of hydroxylamine groups is 4. The minimum Gasteiger partial charge on any atom is -0.444 e. The summed E-state index contributed by atoms with van der Waals surface area (Å²) in [5, 5.41) is 22.0. The fourth-order valence-electron chi connectivity index (χ4n) is 12.2. The molecule has 30 nitrogen and oxygen atoms in total. The highest BCUT2D eigenvalue weighted by Crippen LogP contribution is 2.31. The molecular formula is C97H142Cl2FN7O23S4. The minimum absolute atomic E-state index is 0. The number of nitrogens with zero attached hydrogens (tertiary/aromatic N) is 2. The first-order valence-corrected chi connectivity index (χ1v) is 50.6. The molecule has 0 aromatic heterocycles. The van der Waals surface area contributed by atoms with Gasteiger partial charge in [0.05, 0.1) is 62.6 Å². The minimum atomic E-state index is -3.40. The largest absolute Gasteiger partial charge is 0.444 e. The number of nitrogens with one attached hydrogen (secondary N) is 4.